The first-order valence-corrected chi connectivity index (χ1v) is 0.996. The minimum atomic E-state index is 0. The predicted molar refractivity (Wildman–Crippen MR) is 11.7 cm³/mol. The largest absolute Gasteiger partial charge is 1.00 e. The number of hydrogen-bond donors (Lipinski definition) is 0. The maximum atomic E-state index is 8.93. The molecule has 0 atom stereocenters. The summed E-state index contributed by atoms with van der Waals surface area (Å²) >= 11 is 0. The second kappa shape index (κ2) is 16.4. The first-order valence-electron chi connectivity index (χ1n) is 0.996. The summed E-state index contributed by atoms with van der Waals surface area (Å²) in [5.41, 5.74) is 0. The molecule has 0 bridgehead atoms. The number of hydrogen-bond acceptors (Lipinski definition) is 1. The van der Waals surface area contributed by atoms with Crippen molar-refractivity contribution < 1.29 is 76.8 Å². The zero-order valence-electron chi connectivity index (χ0n) is 5.12. The molecule has 0 aliphatic rings. The molecule has 0 aliphatic heterocycles. The van der Waals surface area contributed by atoms with E-state index in [1.807, 2.05) is 0 Å². The van der Waals surface area contributed by atoms with Gasteiger partial charge in [0.1, 0.15) is 0 Å². The molecular weight excluding hydrogens is 86.1 g/mol. The molecule has 0 spiro atoms. The monoisotopic (exact) mass is 92.0 g/mol. The topological polar surface area (TPSA) is 23.1 Å². The molecule has 1 nitrogen and oxygen atoms in total. The van der Waals surface area contributed by atoms with Crippen molar-refractivity contribution >= 4 is 0 Å². The summed E-state index contributed by atoms with van der Waals surface area (Å²) < 4.78 is 0. The zero-order valence-corrected chi connectivity index (χ0v) is 7.24. The maximum absolute atomic E-state index is 8.93. The number of rotatable bonds is 0. The smallest absolute Gasteiger partial charge is 1.00 e. The summed E-state index contributed by atoms with van der Waals surface area (Å²) in [7, 11) is 0. The molecule has 0 unspecified atom stereocenters. The van der Waals surface area contributed by atoms with Gasteiger partial charge in [-0.1, -0.05) is 6.92 Å². The van der Waals surface area contributed by atoms with E-state index in [9.17, 15) is 0 Å². The van der Waals surface area contributed by atoms with Gasteiger partial charge in [0.2, 0.25) is 0 Å². The van der Waals surface area contributed by atoms with E-state index >= 15 is 0 Å². The van der Waals surface area contributed by atoms with Crippen molar-refractivity contribution in [2.75, 3.05) is 6.61 Å². The van der Waals surface area contributed by atoms with Crippen LogP contribution in [0.25, 0.3) is 0 Å². The molecule has 0 heterocycles. The predicted octanol–water partition coefficient (Wildman–Crippen LogP) is -6.51. The second-order valence-electron chi connectivity index (χ2n) is 0.289. The average molecular weight is 92.1 g/mol. The van der Waals surface area contributed by atoms with Gasteiger partial charge in [-0.15, -0.1) is 6.61 Å². The van der Waals surface area contributed by atoms with Gasteiger partial charge in [0, 0.05) is 0 Å². The van der Waals surface area contributed by atoms with Crippen LogP contribution in [0.4, 0.5) is 0 Å². The van der Waals surface area contributed by atoms with Gasteiger partial charge >= 0.3 is 70.2 Å². The quantitative estimate of drug-likeness (QED) is 0.272. The van der Waals surface area contributed by atoms with E-state index in [2.05, 4.69) is 0 Å². The Morgan fingerprint density at radius 2 is 1.80 bits per heavy atom. The molecule has 0 aromatic heterocycles. The Bertz CT molecular complexity index is 13.5. The molecule has 0 rings (SSSR count). The van der Waals surface area contributed by atoms with Gasteiger partial charge in [0.05, 0.1) is 0 Å². The molecular formula is C2H6KLiO. The Morgan fingerprint density at radius 1 is 1.80 bits per heavy atom. The van der Waals surface area contributed by atoms with Crippen LogP contribution in [-0.4, -0.2) is 6.61 Å². The Balaban J connectivity index is -0.00000000667. The van der Waals surface area contributed by atoms with Crippen molar-refractivity contribution in [2.24, 2.45) is 0 Å². The van der Waals surface area contributed by atoms with Gasteiger partial charge in [-0.3, -0.25) is 0 Å². The van der Waals surface area contributed by atoms with E-state index < -0.39 is 0 Å². The van der Waals surface area contributed by atoms with Gasteiger partial charge in [0.25, 0.3) is 0 Å². The zero-order chi connectivity index (χ0) is 2.71. The van der Waals surface area contributed by atoms with Gasteiger partial charge in [-0.05, 0) is 0 Å². The summed E-state index contributed by atoms with van der Waals surface area (Å²) in [5, 5.41) is 8.93. The molecule has 0 aromatic rings. The van der Waals surface area contributed by atoms with Gasteiger partial charge in [0.15, 0.2) is 0 Å². The molecule has 22 valence electrons. The third-order valence-electron chi connectivity index (χ3n) is 0. The van der Waals surface area contributed by atoms with Crippen molar-refractivity contribution in [1.29, 1.82) is 0 Å². The van der Waals surface area contributed by atoms with E-state index in [1.54, 1.807) is 6.92 Å². The van der Waals surface area contributed by atoms with Crippen LogP contribution in [0.2, 0.25) is 0 Å². The summed E-state index contributed by atoms with van der Waals surface area (Å²) in [6.07, 6.45) is 0. The first-order chi connectivity index (χ1) is 1.41. The second-order valence-corrected chi connectivity index (χ2v) is 0.289. The SMILES string of the molecule is CC[O-].[H-].[K+].[Li+]. The Hall–Kier alpha value is 2.19. The van der Waals surface area contributed by atoms with Crippen LogP contribution < -0.4 is 75.4 Å². The third kappa shape index (κ3) is 22.6. The van der Waals surface area contributed by atoms with E-state index in [0.29, 0.717) is 0 Å². The molecule has 0 saturated carbocycles. The normalized spacial score (nSPS) is 3.60. The van der Waals surface area contributed by atoms with Crippen molar-refractivity contribution in [3.63, 3.8) is 0 Å². The van der Waals surface area contributed by atoms with Gasteiger partial charge < -0.3 is 6.53 Å². The summed E-state index contributed by atoms with van der Waals surface area (Å²) in [5.74, 6) is 0. The molecule has 0 saturated heterocycles. The Labute approximate surface area is 88.6 Å². The van der Waals surface area contributed by atoms with Crippen LogP contribution in [0.1, 0.15) is 8.35 Å². The van der Waals surface area contributed by atoms with Crippen LogP contribution in [-0.2, 0) is 0 Å². The summed E-state index contributed by atoms with van der Waals surface area (Å²) in [6.45, 7) is 1.57. The van der Waals surface area contributed by atoms with Gasteiger partial charge in [-0.25, -0.2) is 0 Å². The van der Waals surface area contributed by atoms with Gasteiger partial charge in [-0.2, -0.15) is 0 Å². The van der Waals surface area contributed by atoms with E-state index in [0.717, 1.165) is 0 Å². The minimum absolute atomic E-state index is 0. The molecule has 0 amide bonds. The van der Waals surface area contributed by atoms with Crippen molar-refractivity contribution in [3.8, 4) is 0 Å². The van der Waals surface area contributed by atoms with Crippen LogP contribution in [0.3, 0.4) is 0 Å². The fraction of sp³-hybridized carbons (Fsp3) is 1.00. The molecule has 3 heteroatoms. The standard InChI is InChI=1S/C2H5O.K.Li.H/c1-2-3;;;/h2H2,1H3;;;/q-1;2*+1;-1. The summed E-state index contributed by atoms with van der Waals surface area (Å²) in [4.78, 5) is 0. The van der Waals surface area contributed by atoms with Crippen LogP contribution >= 0.6 is 0 Å². The fourth-order valence-corrected chi connectivity index (χ4v) is 0. The first kappa shape index (κ1) is 15.7. The fourth-order valence-electron chi connectivity index (χ4n) is 0. The summed E-state index contributed by atoms with van der Waals surface area (Å²) in [6, 6.07) is 0. The maximum Gasteiger partial charge on any atom is 1.00 e. The van der Waals surface area contributed by atoms with E-state index in [4.69, 9.17) is 5.11 Å². The molecule has 0 aliphatic carbocycles. The molecule has 0 aromatic carbocycles. The molecule has 0 N–H and O–H groups in total. The van der Waals surface area contributed by atoms with Crippen molar-refractivity contribution in [1.82, 2.24) is 0 Å². The van der Waals surface area contributed by atoms with Crippen LogP contribution in [0.15, 0.2) is 0 Å². The van der Waals surface area contributed by atoms with Crippen molar-refractivity contribution in [2.45, 2.75) is 6.92 Å². The Kier molecular flexibility index (Phi) is 51.4. The van der Waals surface area contributed by atoms with E-state index in [-0.39, 0.29) is 78.3 Å². The Morgan fingerprint density at radius 3 is 1.80 bits per heavy atom. The third-order valence-corrected chi connectivity index (χ3v) is 0. The van der Waals surface area contributed by atoms with E-state index in [1.165, 1.54) is 0 Å². The van der Waals surface area contributed by atoms with Crippen LogP contribution in [0, 0.1) is 0 Å². The van der Waals surface area contributed by atoms with Crippen LogP contribution in [0.5, 0.6) is 0 Å². The average Bonchev–Trinajstić information content (AvgIpc) is 0.918. The van der Waals surface area contributed by atoms with Crippen molar-refractivity contribution in [3.05, 3.63) is 0 Å². The molecule has 0 radical (unpaired) electrons. The minimum Gasteiger partial charge on any atom is -1.00 e. The molecule has 5 heavy (non-hydrogen) atoms. The molecule has 0 fully saturated rings.